The van der Waals surface area contributed by atoms with Crippen molar-refractivity contribution >= 4 is 66.2 Å². The minimum Gasteiger partial charge on any atom is -0.309 e. The number of aromatic nitrogens is 2. The summed E-state index contributed by atoms with van der Waals surface area (Å²) in [6.07, 6.45) is 3.40. The van der Waals surface area contributed by atoms with Gasteiger partial charge in [-0.15, -0.1) is 11.8 Å². The molecule has 1 N–H and O–H groups in total. The van der Waals surface area contributed by atoms with Crippen molar-refractivity contribution in [2.24, 2.45) is 0 Å². The molecule has 116 valence electrons. The molecule has 4 nitrogen and oxygen atoms in total. The van der Waals surface area contributed by atoms with Gasteiger partial charge in [-0.25, -0.2) is 4.98 Å². The molecule has 23 heavy (non-hydrogen) atoms. The van der Waals surface area contributed by atoms with Crippen LogP contribution in [0.4, 0.5) is 5.82 Å². The number of nitrogens with one attached hydrogen (secondary N) is 1. The average molecular weight is 453 g/mol. The summed E-state index contributed by atoms with van der Waals surface area (Å²) in [7, 11) is 0. The van der Waals surface area contributed by atoms with E-state index in [1.165, 1.54) is 11.8 Å². The standard InChI is InChI=1S/C16H11Br2N3OS/c17-11-7-12(18)16(20-8-11)21-14(22)9-23-13-5-1-3-10-4-2-6-19-15(10)13/h1-8H,9H2,(H,20,21,22). The van der Waals surface area contributed by atoms with Gasteiger partial charge >= 0.3 is 0 Å². The van der Waals surface area contributed by atoms with E-state index in [0.717, 1.165) is 24.7 Å². The van der Waals surface area contributed by atoms with Gasteiger partial charge in [-0.05, 0) is 50.1 Å². The Morgan fingerprint density at radius 3 is 2.83 bits per heavy atom. The van der Waals surface area contributed by atoms with Crippen molar-refractivity contribution in [1.29, 1.82) is 0 Å². The number of fused-ring (bicyclic) bond motifs is 1. The Hall–Kier alpha value is -1.44. The van der Waals surface area contributed by atoms with E-state index in [1.54, 1.807) is 12.4 Å². The highest BCUT2D eigenvalue weighted by Crippen LogP contribution is 2.27. The molecule has 0 aliphatic rings. The van der Waals surface area contributed by atoms with Crippen LogP contribution in [0.15, 0.2) is 62.6 Å². The van der Waals surface area contributed by atoms with Gasteiger partial charge in [0.1, 0.15) is 5.82 Å². The van der Waals surface area contributed by atoms with Crippen LogP contribution < -0.4 is 5.32 Å². The van der Waals surface area contributed by atoms with Crippen LogP contribution in [0.3, 0.4) is 0 Å². The quantitative estimate of drug-likeness (QED) is 0.572. The zero-order valence-corrected chi connectivity index (χ0v) is 15.8. The fourth-order valence-electron chi connectivity index (χ4n) is 2.01. The first-order chi connectivity index (χ1) is 11.1. The summed E-state index contributed by atoms with van der Waals surface area (Å²) in [5, 5.41) is 3.86. The highest BCUT2D eigenvalue weighted by molar-refractivity contribution is 9.11. The maximum atomic E-state index is 12.1. The maximum Gasteiger partial charge on any atom is 0.235 e. The molecule has 2 aromatic heterocycles. The minimum atomic E-state index is -0.113. The highest BCUT2D eigenvalue weighted by Gasteiger charge is 2.09. The Morgan fingerprint density at radius 1 is 1.17 bits per heavy atom. The first-order valence-electron chi connectivity index (χ1n) is 6.71. The predicted molar refractivity (Wildman–Crippen MR) is 101 cm³/mol. The smallest absolute Gasteiger partial charge is 0.235 e. The zero-order valence-electron chi connectivity index (χ0n) is 11.8. The molecule has 3 rings (SSSR count). The van der Waals surface area contributed by atoms with Gasteiger partial charge in [0.05, 0.1) is 15.7 Å². The van der Waals surface area contributed by atoms with Crippen molar-refractivity contribution < 1.29 is 4.79 Å². The molecule has 0 fully saturated rings. The van der Waals surface area contributed by atoms with Crippen molar-refractivity contribution in [3.05, 3.63) is 57.7 Å². The number of para-hydroxylation sites is 1. The monoisotopic (exact) mass is 451 g/mol. The number of rotatable bonds is 4. The summed E-state index contributed by atoms with van der Waals surface area (Å²) < 4.78 is 1.58. The number of carbonyl (C=O) groups excluding carboxylic acids is 1. The Bertz CT molecular complexity index is 868. The summed E-state index contributed by atoms with van der Waals surface area (Å²) in [4.78, 5) is 21.7. The fourth-order valence-corrected chi connectivity index (χ4v) is 3.94. The number of hydrogen-bond donors (Lipinski definition) is 1. The number of amides is 1. The average Bonchev–Trinajstić information content (AvgIpc) is 2.55. The number of halogens is 2. The Labute approximate surface area is 154 Å². The van der Waals surface area contributed by atoms with E-state index in [9.17, 15) is 4.79 Å². The molecule has 7 heteroatoms. The van der Waals surface area contributed by atoms with Crippen LogP contribution in [-0.2, 0) is 4.79 Å². The fraction of sp³-hybridized carbons (Fsp3) is 0.0625. The second kappa shape index (κ2) is 7.42. The number of carbonyl (C=O) groups is 1. The predicted octanol–water partition coefficient (Wildman–Crippen LogP) is 4.89. The van der Waals surface area contributed by atoms with Gasteiger partial charge in [-0.3, -0.25) is 9.78 Å². The summed E-state index contributed by atoms with van der Waals surface area (Å²) in [6, 6.07) is 11.7. The number of anilines is 1. The minimum absolute atomic E-state index is 0.113. The molecule has 0 bridgehead atoms. The van der Waals surface area contributed by atoms with E-state index in [-0.39, 0.29) is 5.91 Å². The maximum absolute atomic E-state index is 12.1. The van der Waals surface area contributed by atoms with Crippen molar-refractivity contribution in [3.63, 3.8) is 0 Å². The van der Waals surface area contributed by atoms with Gasteiger partial charge in [0.2, 0.25) is 5.91 Å². The molecule has 0 saturated carbocycles. The zero-order chi connectivity index (χ0) is 16.2. The van der Waals surface area contributed by atoms with Gasteiger partial charge in [-0.1, -0.05) is 18.2 Å². The van der Waals surface area contributed by atoms with Crippen LogP contribution in [0.25, 0.3) is 10.9 Å². The van der Waals surface area contributed by atoms with Crippen LogP contribution >= 0.6 is 43.6 Å². The summed E-state index contributed by atoms with van der Waals surface area (Å²) >= 11 is 8.17. The summed E-state index contributed by atoms with van der Waals surface area (Å²) in [5.41, 5.74) is 0.913. The molecule has 0 saturated heterocycles. The lowest BCUT2D eigenvalue weighted by molar-refractivity contribution is -0.113. The molecule has 2 heterocycles. The normalized spacial score (nSPS) is 10.7. The van der Waals surface area contributed by atoms with E-state index in [1.807, 2.05) is 36.4 Å². The first-order valence-corrected chi connectivity index (χ1v) is 9.28. The second-order valence-corrected chi connectivity index (χ2v) is 7.44. The largest absolute Gasteiger partial charge is 0.309 e. The second-order valence-electron chi connectivity index (χ2n) is 4.65. The first kappa shape index (κ1) is 16.4. The molecular weight excluding hydrogens is 442 g/mol. The number of nitrogens with zero attached hydrogens (tertiary/aromatic N) is 2. The van der Waals surface area contributed by atoms with E-state index in [4.69, 9.17) is 0 Å². The van der Waals surface area contributed by atoms with Crippen molar-refractivity contribution in [2.75, 3.05) is 11.1 Å². The third-order valence-corrected chi connectivity index (χ3v) is 5.11. The molecule has 1 amide bonds. The molecule has 0 radical (unpaired) electrons. The Kier molecular flexibility index (Phi) is 5.30. The van der Waals surface area contributed by atoms with E-state index in [2.05, 4.69) is 47.1 Å². The van der Waals surface area contributed by atoms with Crippen molar-refractivity contribution in [2.45, 2.75) is 4.90 Å². The molecule has 0 atom stereocenters. The van der Waals surface area contributed by atoms with Crippen molar-refractivity contribution in [3.8, 4) is 0 Å². The number of benzene rings is 1. The van der Waals surface area contributed by atoms with E-state index < -0.39 is 0 Å². The lowest BCUT2D eigenvalue weighted by Gasteiger charge is -2.07. The van der Waals surface area contributed by atoms with Crippen LogP contribution in [0.2, 0.25) is 0 Å². The molecule has 0 spiro atoms. The molecule has 0 aliphatic heterocycles. The molecule has 3 aromatic rings. The van der Waals surface area contributed by atoms with Crippen LogP contribution in [0.5, 0.6) is 0 Å². The van der Waals surface area contributed by atoms with Gasteiger partial charge in [0, 0.05) is 27.1 Å². The van der Waals surface area contributed by atoms with Gasteiger partial charge < -0.3 is 5.32 Å². The molecule has 1 aromatic carbocycles. The van der Waals surface area contributed by atoms with Crippen LogP contribution in [-0.4, -0.2) is 21.6 Å². The summed E-state index contributed by atoms with van der Waals surface area (Å²) in [5.74, 6) is 0.688. The van der Waals surface area contributed by atoms with E-state index in [0.29, 0.717) is 11.6 Å². The lowest BCUT2D eigenvalue weighted by Crippen LogP contribution is -2.15. The van der Waals surface area contributed by atoms with Crippen molar-refractivity contribution in [1.82, 2.24) is 9.97 Å². The van der Waals surface area contributed by atoms with E-state index >= 15 is 0 Å². The van der Waals surface area contributed by atoms with Gasteiger partial charge in [0.25, 0.3) is 0 Å². The summed E-state index contributed by atoms with van der Waals surface area (Å²) in [6.45, 7) is 0. The third-order valence-electron chi connectivity index (χ3n) is 3.02. The highest BCUT2D eigenvalue weighted by atomic mass is 79.9. The SMILES string of the molecule is O=C(CSc1cccc2cccnc12)Nc1ncc(Br)cc1Br. The third kappa shape index (κ3) is 4.10. The van der Waals surface area contributed by atoms with Gasteiger partial charge in [0.15, 0.2) is 0 Å². The Balaban J connectivity index is 1.69. The van der Waals surface area contributed by atoms with Crippen LogP contribution in [0, 0.1) is 0 Å². The molecule has 0 aliphatic carbocycles. The molecule has 0 unspecified atom stereocenters. The molecular formula is C16H11Br2N3OS. The number of pyridine rings is 2. The number of hydrogen-bond acceptors (Lipinski definition) is 4. The lowest BCUT2D eigenvalue weighted by atomic mass is 10.2. The van der Waals surface area contributed by atoms with Crippen LogP contribution in [0.1, 0.15) is 0 Å². The number of thioether (sulfide) groups is 1. The topological polar surface area (TPSA) is 54.9 Å². The Morgan fingerprint density at radius 2 is 2.00 bits per heavy atom. The van der Waals surface area contributed by atoms with Gasteiger partial charge in [-0.2, -0.15) is 0 Å².